The van der Waals surface area contributed by atoms with Crippen LogP contribution in [-0.2, 0) is 17.6 Å². The van der Waals surface area contributed by atoms with Gasteiger partial charge in [0.05, 0.1) is 18.7 Å². The number of carboxylic acids is 1. The summed E-state index contributed by atoms with van der Waals surface area (Å²) in [5.41, 5.74) is 4.48. The zero-order chi connectivity index (χ0) is 21.1. The highest BCUT2D eigenvalue weighted by Crippen LogP contribution is 2.39. The van der Waals surface area contributed by atoms with Gasteiger partial charge in [0.2, 0.25) is 0 Å². The van der Waals surface area contributed by atoms with Crippen LogP contribution in [0.3, 0.4) is 0 Å². The largest absolute Gasteiger partial charge is 0.491 e. The Labute approximate surface area is 183 Å². The van der Waals surface area contributed by atoms with E-state index < -0.39 is 5.97 Å². The van der Waals surface area contributed by atoms with E-state index in [0.717, 1.165) is 48.0 Å². The molecule has 160 valence electrons. The number of carbonyl (C=O) groups is 1. The summed E-state index contributed by atoms with van der Waals surface area (Å²) >= 11 is 6.29. The Balaban J connectivity index is 1.66. The van der Waals surface area contributed by atoms with Crippen LogP contribution < -0.4 is 9.64 Å². The minimum Gasteiger partial charge on any atom is -0.491 e. The number of hydrogen-bond acceptors (Lipinski definition) is 3. The molecule has 2 aromatic rings. The molecule has 1 saturated carbocycles. The highest BCUT2D eigenvalue weighted by atomic mass is 35.5. The minimum atomic E-state index is -0.807. The highest BCUT2D eigenvalue weighted by Gasteiger charge is 2.29. The number of hydrogen-bond donors (Lipinski definition) is 1. The van der Waals surface area contributed by atoms with Gasteiger partial charge in [-0.2, -0.15) is 0 Å². The molecule has 4 nitrogen and oxygen atoms in total. The van der Waals surface area contributed by atoms with E-state index >= 15 is 0 Å². The van der Waals surface area contributed by atoms with Gasteiger partial charge in [-0.1, -0.05) is 43.5 Å². The molecule has 4 rings (SSSR count). The Morgan fingerprint density at radius 3 is 2.77 bits per heavy atom. The molecule has 0 spiro atoms. The van der Waals surface area contributed by atoms with Crippen molar-refractivity contribution in [3.8, 4) is 5.75 Å². The Morgan fingerprint density at radius 2 is 2.07 bits per heavy atom. The van der Waals surface area contributed by atoms with Crippen LogP contribution in [0.5, 0.6) is 5.75 Å². The first kappa shape index (κ1) is 21.0. The molecular weight excluding hydrogens is 398 g/mol. The third-order valence-corrected chi connectivity index (χ3v) is 6.60. The zero-order valence-corrected chi connectivity index (χ0v) is 18.3. The van der Waals surface area contributed by atoms with Crippen molar-refractivity contribution >= 4 is 23.3 Å². The summed E-state index contributed by atoms with van der Waals surface area (Å²) in [5.74, 6) is 1.01. The molecule has 1 aliphatic carbocycles. The van der Waals surface area contributed by atoms with Crippen molar-refractivity contribution < 1.29 is 14.6 Å². The van der Waals surface area contributed by atoms with Gasteiger partial charge in [-0.15, -0.1) is 0 Å². The van der Waals surface area contributed by atoms with Gasteiger partial charge in [-0.3, -0.25) is 4.79 Å². The first-order valence-electron chi connectivity index (χ1n) is 11.0. The van der Waals surface area contributed by atoms with E-state index in [1.54, 1.807) is 0 Å². The average molecular weight is 428 g/mol. The second kappa shape index (κ2) is 9.30. The lowest BCUT2D eigenvalue weighted by molar-refractivity contribution is -0.136. The summed E-state index contributed by atoms with van der Waals surface area (Å²) in [5, 5.41) is 10.0. The molecular formula is C25H30ClNO3. The molecule has 0 radical (unpaired) electrons. The van der Waals surface area contributed by atoms with Gasteiger partial charge in [0.25, 0.3) is 0 Å². The second-order valence-electron chi connectivity index (χ2n) is 8.68. The second-order valence-corrected chi connectivity index (χ2v) is 9.11. The molecule has 2 aromatic carbocycles. The summed E-state index contributed by atoms with van der Waals surface area (Å²) in [6, 6.07) is 12.1. The highest BCUT2D eigenvalue weighted by molar-refractivity contribution is 6.30. The number of fused-ring (bicyclic) bond motifs is 1. The molecule has 1 N–H and O–H groups in total. The fourth-order valence-corrected chi connectivity index (χ4v) is 4.83. The number of benzene rings is 2. The molecule has 5 heteroatoms. The molecule has 1 fully saturated rings. The van der Waals surface area contributed by atoms with Crippen molar-refractivity contribution in [1.82, 2.24) is 0 Å². The van der Waals surface area contributed by atoms with Crippen molar-refractivity contribution in [2.45, 2.75) is 51.4 Å². The summed E-state index contributed by atoms with van der Waals surface area (Å²) in [6.45, 7) is 4.68. The van der Waals surface area contributed by atoms with E-state index in [2.05, 4.69) is 24.0 Å². The number of anilines is 1. The third kappa shape index (κ3) is 4.75. The SMILES string of the molecule is CCCc1cc(Cl)ccc1C1COc2ccc(CC(=O)O)cc2N(CC2CCC2)C1. The van der Waals surface area contributed by atoms with E-state index in [1.807, 2.05) is 24.3 Å². The van der Waals surface area contributed by atoms with Gasteiger partial charge in [-0.25, -0.2) is 0 Å². The molecule has 0 saturated heterocycles. The average Bonchev–Trinajstić information content (AvgIpc) is 2.84. The van der Waals surface area contributed by atoms with E-state index in [4.69, 9.17) is 16.3 Å². The van der Waals surface area contributed by atoms with Gasteiger partial charge < -0.3 is 14.7 Å². The first-order chi connectivity index (χ1) is 14.5. The first-order valence-corrected chi connectivity index (χ1v) is 11.4. The monoisotopic (exact) mass is 427 g/mol. The number of halogens is 1. The molecule has 2 aliphatic rings. The molecule has 1 atom stereocenters. The number of rotatable bonds is 7. The maximum Gasteiger partial charge on any atom is 0.307 e. The number of ether oxygens (including phenoxy) is 1. The standard InChI is InChI=1S/C25H30ClNO3/c1-2-4-19-13-21(26)8-9-22(19)20-15-27(14-17-5-3-6-17)23-11-18(12-25(28)29)7-10-24(23)30-16-20/h7-11,13,17,20H,2-6,12,14-16H2,1H3,(H,28,29). The predicted molar refractivity (Wildman–Crippen MR) is 121 cm³/mol. The molecule has 0 bridgehead atoms. The smallest absolute Gasteiger partial charge is 0.307 e. The van der Waals surface area contributed by atoms with E-state index in [9.17, 15) is 9.90 Å². The van der Waals surface area contributed by atoms with Gasteiger partial charge in [0, 0.05) is 24.0 Å². The number of aliphatic carboxylic acids is 1. The zero-order valence-electron chi connectivity index (χ0n) is 17.6. The molecule has 1 aliphatic heterocycles. The minimum absolute atomic E-state index is 0.0335. The summed E-state index contributed by atoms with van der Waals surface area (Å²) in [7, 11) is 0. The Hall–Kier alpha value is -2.20. The van der Waals surface area contributed by atoms with Crippen LogP contribution in [0.4, 0.5) is 5.69 Å². The summed E-state index contributed by atoms with van der Waals surface area (Å²) < 4.78 is 6.28. The van der Waals surface area contributed by atoms with Gasteiger partial charge in [-0.05, 0) is 66.1 Å². The normalized spacial score (nSPS) is 18.9. The van der Waals surface area contributed by atoms with Crippen LogP contribution in [0.2, 0.25) is 5.02 Å². The number of aryl methyl sites for hydroxylation is 1. The van der Waals surface area contributed by atoms with E-state index in [-0.39, 0.29) is 12.3 Å². The van der Waals surface area contributed by atoms with Crippen LogP contribution in [0.25, 0.3) is 0 Å². The summed E-state index contributed by atoms with van der Waals surface area (Å²) in [4.78, 5) is 13.7. The van der Waals surface area contributed by atoms with Crippen molar-refractivity contribution in [3.05, 3.63) is 58.1 Å². The number of nitrogens with zero attached hydrogens (tertiary/aromatic N) is 1. The maximum absolute atomic E-state index is 11.2. The molecule has 1 unspecified atom stereocenters. The predicted octanol–water partition coefficient (Wildman–Crippen LogP) is 5.70. The molecule has 0 aromatic heterocycles. The maximum atomic E-state index is 11.2. The van der Waals surface area contributed by atoms with Crippen molar-refractivity contribution in [3.63, 3.8) is 0 Å². The lowest BCUT2D eigenvalue weighted by atomic mass is 9.84. The fourth-order valence-electron chi connectivity index (χ4n) is 4.63. The van der Waals surface area contributed by atoms with Crippen LogP contribution in [0, 0.1) is 5.92 Å². The van der Waals surface area contributed by atoms with Gasteiger partial charge >= 0.3 is 5.97 Å². The Bertz CT molecular complexity index is 909. The quantitative estimate of drug-likeness (QED) is 0.615. The van der Waals surface area contributed by atoms with Crippen LogP contribution in [0.15, 0.2) is 36.4 Å². The van der Waals surface area contributed by atoms with Crippen molar-refractivity contribution in [1.29, 1.82) is 0 Å². The molecule has 30 heavy (non-hydrogen) atoms. The van der Waals surface area contributed by atoms with Crippen LogP contribution in [-0.4, -0.2) is 30.8 Å². The number of carboxylic acid groups (broad SMARTS) is 1. The van der Waals surface area contributed by atoms with Crippen molar-refractivity contribution in [2.24, 2.45) is 5.92 Å². The lowest BCUT2D eigenvalue weighted by Gasteiger charge is -2.35. The van der Waals surface area contributed by atoms with Gasteiger partial charge in [0.1, 0.15) is 5.75 Å². The Kier molecular flexibility index (Phi) is 6.52. The topological polar surface area (TPSA) is 49.8 Å². The molecule has 1 heterocycles. The summed E-state index contributed by atoms with van der Waals surface area (Å²) in [6.07, 6.45) is 5.96. The van der Waals surface area contributed by atoms with Crippen molar-refractivity contribution in [2.75, 3.05) is 24.6 Å². The third-order valence-electron chi connectivity index (χ3n) is 6.37. The van der Waals surface area contributed by atoms with E-state index in [0.29, 0.717) is 12.5 Å². The Morgan fingerprint density at radius 1 is 1.23 bits per heavy atom. The lowest BCUT2D eigenvalue weighted by Crippen LogP contribution is -2.35. The van der Waals surface area contributed by atoms with E-state index in [1.165, 1.54) is 30.4 Å². The van der Waals surface area contributed by atoms with Crippen LogP contribution in [0.1, 0.15) is 55.2 Å². The fraction of sp³-hybridized carbons (Fsp3) is 0.480. The van der Waals surface area contributed by atoms with Gasteiger partial charge in [0.15, 0.2) is 0 Å². The van der Waals surface area contributed by atoms with Crippen LogP contribution >= 0.6 is 11.6 Å². The molecule has 0 amide bonds.